The number of likely N-dealkylation sites (N-methyl/N-ethyl adjacent to an activating group) is 1. The van der Waals surface area contributed by atoms with Crippen molar-refractivity contribution in [1.82, 2.24) is 5.32 Å². The van der Waals surface area contributed by atoms with Crippen LogP contribution in [0.15, 0.2) is 0 Å². The zero-order valence-electron chi connectivity index (χ0n) is 12.2. The number of hydrogen-bond donors (Lipinski definition) is 2. The Morgan fingerprint density at radius 1 is 1.39 bits per heavy atom. The Morgan fingerprint density at radius 3 is 2.44 bits per heavy atom. The topological polar surface area (TPSA) is 58.6 Å². The average Bonchev–Trinajstić information content (AvgIpc) is 2.29. The molecule has 2 N–H and O–H groups in total. The van der Waals surface area contributed by atoms with E-state index in [4.69, 9.17) is 9.84 Å². The molecule has 0 aliphatic heterocycles. The fourth-order valence-electron chi connectivity index (χ4n) is 1.97. The van der Waals surface area contributed by atoms with E-state index in [-0.39, 0.29) is 23.1 Å². The predicted octanol–water partition coefficient (Wildman–Crippen LogP) is 1.81. The number of rotatable bonds is 9. The van der Waals surface area contributed by atoms with E-state index in [1.165, 1.54) is 0 Å². The number of nitrogens with one attached hydrogen (secondary N) is 1. The monoisotopic (exact) mass is 277 g/mol. The Hall–Kier alpha value is -0.260. The van der Waals surface area contributed by atoms with Crippen molar-refractivity contribution >= 4 is 17.7 Å². The summed E-state index contributed by atoms with van der Waals surface area (Å²) < 4.78 is 5.13. The molecule has 0 radical (unpaired) electrons. The van der Waals surface area contributed by atoms with Gasteiger partial charge in [0.1, 0.15) is 5.54 Å². The molecule has 0 aliphatic rings. The third-order valence-corrected chi connectivity index (χ3v) is 3.96. The van der Waals surface area contributed by atoms with E-state index in [1.54, 1.807) is 11.8 Å². The molecule has 0 aromatic heterocycles. The molecule has 0 aromatic rings. The Balaban J connectivity index is 4.54. The van der Waals surface area contributed by atoms with Crippen LogP contribution in [-0.2, 0) is 9.53 Å². The highest BCUT2D eigenvalue weighted by Gasteiger charge is 2.35. The standard InChI is InChI=1S/C13H27NO3S/c1-6-14-13(5,12(16)17-7-2)8-10(3)18-11(4)9-15/h10-11,14-15H,6-9H2,1-5H3. The minimum absolute atomic E-state index is 0.159. The first kappa shape index (κ1) is 17.7. The van der Waals surface area contributed by atoms with Crippen molar-refractivity contribution in [3.8, 4) is 0 Å². The summed E-state index contributed by atoms with van der Waals surface area (Å²) in [6.45, 7) is 11.0. The SMILES string of the molecule is CCNC(C)(CC(C)SC(C)CO)C(=O)OCC. The first-order chi connectivity index (χ1) is 8.39. The molecule has 4 nitrogen and oxygen atoms in total. The number of thioether (sulfide) groups is 1. The second kappa shape index (κ2) is 8.77. The fourth-order valence-corrected chi connectivity index (χ4v) is 3.28. The van der Waals surface area contributed by atoms with Crippen LogP contribution in [0.1, 0.15) is 41.0 Å². The molecule has 5 heteroatoms. The second-order valence-electron chi connectivity index (χ2n) is 4.73. The molecule has 0 rings (SSSR count). The van der Waals surface area contributed by atoms with Gasteiger partial charge in [-0.05, 0) is 26.8 Å². The quantitative estimate of drug-likeness (QED) is 0.630. The second-order valence-corrected chi connectivity index (χ2v) is 6.61. The lowest BCUT2D eigenvalue weighted by molar-refractivity contribution is -0.150. The van der Waals surface area contributed by atoms with Crippen molar-refractivity contribution < 1.29 is 14.6 Å². The van der Waals surface area contributed by atoms with Gasteiger partial charge >= 0.3 is 5.97 Å². The predicted molar refractivity (Wildman–Crippen MR) is 76.9 cm³/mol. The van der Waals surface area contributed by atoms with Crippen molar-refractivity contribution in [3.63, 3.8) is 0 Å². The molecular formula is C13H27NO3S. The molecule has 0 saturated heterocycles. The van der Waals surface area contributed by atoms with Crippen LogP contribution in [0.3, 0.4) is 0 Å². The van der Waals surface area contributed by atoms with Crippen molar-refractivity contribution in [2.45, 2.75) is 57.1 Å². The highest BCUT2D eigenvalue weighted by Crippen LogP contribution is 2.26. The molecule has 3 atom stereocenters. The van der Waals surface area contributed by atoms with Gasteiger partial charge in [-0.1, -0.05) is 20.8 Å². The molecule has 3 unspecified atom stereocenters. The van der Waals surface area contributed by atoms with Crippen LogP contribution in [0.25, 0.3) is 0 Å². The molecule has 0 fully saturated rings. The summed E-state index contributed by atoms with van der Waals surface area (Å²) in [7, 11) is 0. The molecule has 0 amide bonds. The van der Waals surface area contributed by atoms with E-state index in [2.05, 4.69) is 12.2 Å². The van der Waals surface area contributed by atoms with Crippen molar-refractivity contribution in [1.29, 1.82) is 0 Å². The lowest BCUT2D eigenvalue weighted by Gasteiger charge is -2.31. The van der Waals surface area contributed by atoms with Crippen LogP contribution < -0.4 is 5.32 Å². The van der Waals surface area contributed by atoms with Crippen molar-refractivity contribution in [3.05, 3.63) is 0 Å². The third-order valence-electron chi connectivity index (χ3n) is 2.71. The average molecular weight is 277 g/mol. The van der Waals surface area contributed by atoms with Gasteiger partial charge in [0.25, 0.3) is 0 Å². The van der Waals surface area contributed by atoms with E-state index in [0.717, 1.165) is 6.54 Å². The number of esters is 1. The largest absolute Gasteiger partial charge is 0.465 e. The van der Waals surface area contributed by atoms with Crippen molar-refractivity contribution in [2.24, 2.45) is 0 Å². The summed E-state index contributed by atoms with van der Waals surface area (Å²) in [5.74, 6) is -0.198. The van der Waals surface area contributed by atoms with Crippen LogP contribution in [0.4, 0.5) is 0 Å². The summed E-state index contributed by atoms with van der Waals surface area (Å²) in [6, 6.07) is 0. The Morgan fingerprint density at radius 2 is 2.00 bits per heavy atom. The summed E-state index contributed by atoms with van der Waals surface area (Å²) in [4.78, 5) is 12.0. The van der Waals surface area contributed by atoms with Gasteiger partial charge < -0.3 is 15.2 Å². The van der Waals surface area contributed by atoms with Gasteiger partial charge in [0.2, 0.25) is 0 Å². The molecule has 108 valence electrons. The molecule has 0 bridgehead atoms. The van der Waals surface area contributed by atoms with E-state index >= 15 is 0 Å². The maximum atomic E-state index is 12.0. The van der Waals surface area contributed by atoms with Gasteiger partial charge in [-0.15, -0.1) is 0 Å². The number of aliphatic hydroxyl groups is 1. The highest BCUT2D eigenvalue weighted by atomic mass is 32.2. The Labute approximate surface area is 115 Å². The lowest BCUT2D eigenvalue weighted by atomic mass is 9.96. The smallest absolute Gasteiger partial charge is 0.326 e. The molecular weight excluding hydrogens is 250 g/mol. The van der Waals surface area contributed by atoms with E-state index in [1.807, 2.05) is 27.7 Å². The molecule has 0 spiro atoms. The number of hydrogen-bond acceptors (Lipinski definition) is 5. The van der Waals surface area contributed by atoms with Gasteiger partial charge in [-0.2, -0.15) is 11.8 Å². The van der Waals surface area contributed by atoms with E-state index in [0.29, 0.717) is 13.0 Å². The maximum absolute atomic E-state index is 12.0. The summed E-state index contributed by atoms with van der Waals surface area (Å²) in [6.07, 6.45) is 0.689. The summed E-state index contributed by atoms with van der Waals surface area (Å²) in [5, 5.41) is 12.7. The number of ether oxygens (including phenoxy) is 1. The molecule has 0 aliphatic carbocycles. The molecule has 0 saturated carbocycles. The van der Waals surface area contributed by atoms with Crippen LogP contribution in [0.2, 0.25) is 0 Å². The lowest BCUT2D eigenvalue weighted by Crippen LogP contribution is -2.52. The molecule has 0 heterocycles. The minimum Gasteiger partial charge on any atom is -0.465 e. The Kier molecular flexibility index (Phi) is 8.65. The molecule has 0 aromatic carbocycles. The summed E-state index contributed by atoms with van der Waals surface area (Å²) in [5.41, 5.74) is -0.646. The zero-order chi connectivity index (χ0) is 14.2. The van der Waals surface area contributed by atoms with E-state index in [9.17, 15) is 4.79 Å². The minimum atomic E-state index is -0.646. The van der Waals surface area contributed by atoms with Gasteiger partial charge in [0, 0.05) is 10.5 Å². The first-order valence-corrected chi connectivity index (χ1v) is 7.52. The number of carbonyl (C=O) groups excluding carboxylic acids is 1. The molecule has 18 heavy (non-hydrogen) atoms. The van der Waals surface area contributed by atoms with Crippen LogP contribution >= 0.6 is 11.8 Å². The third kappa shape index (κ3) is 6.07. The fraction of sp³-hybridized carbons (Fsp3) is 0.923. The van der Waals surface area contributed by atoms with Crippen LogP contribution in [-0.4, -0.2) is 46.9 Å². The Bertz CT molecular complexity index is 250. The van der Waals surface area contributed by atoms with Crippen LogP contribution in [0, 0.1) is 0 Å². The zero-order valence-corrected chi connectivity index (χ0v) is 13.0. The highest BCUT2D eigenvalue weighted by molar-refractivity contribution is 8.00. The van der Waals surface area contributed by atoms with Crippen molar-refractivity contribution in [2.75, 3.05) is 19.8 Å². The van der Waals surface area contributed by atoms with Crippen LogP contribution in [0.5, 0.6) is 0 Å². The van der Waals surface area contributed by atoms with Gasteiger partial charge in [0.15, 0.2) is 0 Å². The normalized spacial score (nSPS) is 17.9. The van der Waals surface area contributed by atoms with E-state index < -0.39 is 5.54 Å². The van der Waals surface area contributed by atoms with Gasteiger partial charge in [-0.25, -0.2) is 0 Å². The number of carbonyl (C=O) groups is 1. The van der Waals surface area contributed by atoms with Gasteiger partial charge in [0.05, 0.1) is 13.2 Å². The number of aliphatic hydroxyl groups excluding tert-OH is 1. The maximum Gasteiger partial charge on any atom is 0.326 e. The first-order valence-electron chi connectivity index (χ1n) is 6.58. The van der Waals surface area contributed by atoms with Gasteiger partial charge in [-0.3, -0.25) is 4.79 Å². The summed E-state index contributed by atoms with van der Waals surface area (Å²) >= 11 is 1.69.